The number of benzene rings is 2. The van der Waals surface area contributed by atoms with Crippen molar-refractivity contribution >= 4 is 39.8 Å². The number of amidine groups is 2. The van der Waals surface area contributed by atoms with E-state index in [1.807, 2.05) is 32.0 Å². The van der Waals surface area contributed by atoms with Crippen LogP contribution in [0.5, 0.6) is 11.5 Å². The lowest BCUT2D eigenvalue weighted by Gasteiger charge is -2.20. The summed E-state index contributed by atoms with van der Waals surface area (Å²) in [5.41, 5.74) is 2.49. The van der Waals surface area contributed by atoms with Crippen molar-refractivity contribution in [3.8, 4) is 11.5 Å². The van der Waals surface area contributed by atoms with Gasteiger partial charge >= 0.3 is 6.18 Å². The van der Waals surface area contributed by atoms with Crippen molar-refractivity contribution < 1.29 is 27.4 Å². The van der Waals surface area contributed by atoms with Crippen LogP contribution >= 0.6 is 11.8 Å². The van der Waals surface area contributed by atoms with E-state index in [1.54, 1.807) is 24.3 Å². The standard InChI is InChI=1S/C23H19F3N4O3S/c1-13-4-3-5-14(2)18(13)33-11-10-32-16-8-6-15(7-9-16)12-17-19(27)30-22(28-20(17)31)34-21(29-30)23(24,25)26/h3-9,12,27H,10-11H2,1-2H3. The third-order valence-electron chi connectivity index (χ3n) is 4.90. The fourth-order valence-electron chi connectivity index (χ4n) is 3.26. The Morgan fingerprint density at radius 2 is 1.71 bits per heavy atom. The molecule has 1 N–H and O–H groups in total. The number of hydrazone groups is 1. The smallest absolute Gasteiger partial charge is 0.441 e. The van der Waals surface area contributed by atoms with Crippen molar-refractivity contribution in [1.29, 1.82) is 5.41 Å². The summed E-state index contributed by atoms with van der Waals surface area (Å²) in [6, 6.07) is 12.6. The first-order valence-corrected chi connectivity index (χ1v) is 10.9. The highest BCUT2D eigenvalue weighted by molar-refractivity contribution is 8.27. The topological polar surface area (TPSA) is 87.3 Å². The van der Waals surface area contributed by atoms with Gasteiger partial charge in [-0.2, -0.15) is 28.3 Å². The molecule has 0 spiro atoms. The monoisotopic (exact) mass is 488 g/mol. The molecule has 34 heavy (non-hydrogen) atoms. The van der Waals surface area contributed by atoms with Crippen molar-refractivity contribution in [3.05, 3.63) is 64.7 Å². The molecule has 0 saturated carbocycles. The number of aliphatic imine (C=N–C) groups is 1. The van der Waals surface area contributed by atoms with Gasteiger partial charge in [0.15, 0.2) is 5.84 Å². The summed E-state index contributed by atoms with van der Waals surface area (Å²) in [5, 5.41) is 10.8. The number of carbonyl (C=O) groups is 1. The van der Waals surface area contributed by atoms with Gasteiger partial charge < -0.3 is 9.47 Å². The molecule has 0 atom stereocenters. The highest BCUT2D eigenvalue weighted by Crippen LogP contribution is 2.35. The summed E-state index contributed by atoms with van der Waals surface area (Å²) >= 11 is 0.214. The molecule has 0 bridgehead atoms. The fourth-order valence-corrected chi connectivity index (χ4v) is 4.02. The number of thioether (sulfide) groups is 1. The van der Waals surface area contributed by atoms with Crippen molar-refractivity contribution in [2.24, 2.45) is 10.1 Å². The Bertz CT molecular complexity index is 1220. The predicted octanol–water partition coefficient (Wildman–Crippen LogP) is 4.94. The predicted molar refractivity (Wildman–Crippen MR) is 124 cm³/mol. The lowest BCUT2D eigenvalue weighted by atomic mass is 10.1. The van der Waals surface area contributed by atoms with E-state index in [0.29, 0.717) is 29.5 Å². The molecule has 7 nitrogen and oxygen atoms in total. The third kappa shape index (κ3) is 4.98. The third-order valence-corrected chi connectivity index (χ3v) is 5.85. The van der Waals surface area contributed by atoms with E-state index in [0.717, 1.165) is 16.9 Å². The van der Waals surface area contributed by atoms with Crippen LogP contribution in [-0.2, 0) is 4.79 Å². The number of aryl methyl sites for hydroxylation is 2. The Morgan fingerprint density at radius 1 is 1.06 bits per heavy atom. The summed E-state index contributed by atoms with van der Waals surface area (Å²) in [4.78, 5) is 16.0. The van der Waals surface area contributed by atoms with E-state index in [-0.39, 0.29) is 22.5 Å². The number of hydrogen-bond donors (Lipinski definition) is 1. The largest absolute Gasteiger partial charge is 0.490 e. The zero-order valence-electron chi connectivity index (χ0n) is 18.1. The summed E-state index contributed by atoms with van der Waals surface area (Å²) in [5.74, 6) is 0.145. The molecule has 0 radical (unpaired) electrons. The number of halogens is 3. The molecule has 2 aliphatic heterocycles. The minimum Gasteiger partial charge on any atom is -0.490 e. The number of nitrogens with one attached hydrogen (secondary N) is 1. The summed E-state index contributed by atoms with van der Waals surface area (Å²) in [7, 11) is 0. The average Bonchev–Trinajstić information content (AvgIpc) is 3.21. The number of alkyl halides is 3. The minimum absolute atomic E-state index is 0.160. The number of hydrogen-bond acceptors (Lipinski definition) is 6. The zero-order chi connectivity index (χ0) is 24.5. The van der Waals surface area contributed by atoms with Crippen molar-refractivity contribution in [3.63, 3.8) is 0 Å². The van der Waals surface area contributed by atoms with Crippen LogP contribution in [-0.4, -0.2) is 46.4 Å². The maximum absolute atomic E-state index is 12.9. The number of fused-ring (bicyclic) bond motifs is 1. The zero-order valence-corrected chi connectivity index (χ0v) is 19.0. The molecule has 2 aromatic carbocycles. The summed E-state index contributed by atoms with van der Waals surface area (Å²) < 4.78 is 50.2. The number of rotatable bonds is 6. The molecule has 176 valence electrons. The Labute approximate surface area is 197 Å². The maximum atomic E-state index is 12.9. The summed E-state index contributed by atoms with van der Waals surface area (Å²) in [6.45, 7) is 4.63. The number of para-hydroxylation sites is 1. The molecular weight excluding hydrogens is 469 g/mol. The lowest BCUT2D eigenvalue weighted by Crippen LogP contribution is -2.35. The second-order valence-electron chi connectivity index (χ2n) is 7.41. The maximum Gasteiger partial charge on any atom is 0.441 e. The van der Waals surface area contributed by atoms with Gasteiger partial charge in [-0.1, -0.05) is 30.3 Å². The van der Waals surface area contributed by atoms with E-state index in [1.165, 1.54) is 6.08 Å². The Kier molecular flexibility index (Phi) is 6.47. The van der Waals surface area contributed by atoms with Gasteiger partial charge in [0.05, 0.1) is 5.57 Å². The Balaban J connectivity index is 1.38. The molecule has 11 heteroatoms. The average molecular weight is 488 g/mol. The normalized spacial score (nSPS) is 17.0. The Morgan fingerprint density at radius 3 is 2.35 bits per heavy atom. The quantitative estimate of drug-likeness (QED) is 0.460. The molecule has 2 aromatic rings. The number of carbonyl (C=O) groups excluding carboxylic acids is 1. The first kappa shape index (κ1) is 23.6. The highest BCUT2D eigenvalue weighted by Gasteiger charge is 2.46. The molecule has 2 aliphatic rings. The molecular formula is C23H19F3N4O3S. The van der Waals surface area contributed by atoms with Crippen LogP contribution in [0.3, 0.4) is 0 Å². The van der Waals surface area contributed by atoms with Gasteiger partial charge in [-0.05, 0) is 60.5 Å². The molecule has 4 rings (SSSR count). The molecule has 0 saturated heterocycles. The van der Waals surface area contributed by atoms with Gasteiger partial charge in [0.2, 0.25) is 10.2 Å². The van der Waals surface area contributed by atoms with Crippen LogP contribution in [0.1, 0.15) is 16.7 Å². The minimum atomic E-state index is -4.68. The van der Waals surface area contributed by atoms with E-state index in [9.17, 15) is 18.0 Å². The number of nitrogens with zero attached hydrogens (tertiary/aromatic N) is 3. The van der Waals surface area contributed by atoms with Crippen LogP contribution in [0.2, 0.25) is 0 Å². The van der Waals surface area contributed by atoms with Crippen LogP contribution in [0.25, 0.3) is 6.08 Å². The second-order valence-corrected chi connectivity index (χ2v) is 8.37. The molecule has 0 unspecified atom stereocenters. The van der Waals surface area contributed by atoms with E-state index >= 15 is 0 Å². The van der Waals surface area contributed by atoms with Gasteiger partial charge in [-0.3, -0.25) is 10.2 Å². The summed E-state index contributed by atoms with van der Waals surface area (Å²) in [6.07, 6.45) is -3.30. The van der Waals surface area contributed by atoms with E-state index < -0.39 is 23.0 Å². The van der Waals surface area contributed by atoms with Crippen molar-refractivity contribution in [1.82, 2.24) is 5.01 Å². The number of ether oxygens (including phenoxy) is 2. The molecule has 0 aromatic heterocycles. The van der Waals surface area contributed by atoms with Crippen LogP contribution in [0, 0.1) is 19.3 Å². The SMILES string of the molecule is Cc1cccc(C)c1OCCOc1ccc(C=C2C(=N)N3N=C(C(F)(F)F)SC3=NC2=O)cc1. The van der Waals surface area contributed by atoms with Crippen LogP contribution in [0.15, 0.2) is 58.1 Å². The Hall–Kier alpha value is -3.60. The number of amides is 1. The molecule has 0 fully saturated rings. The van der Waals surface area contributed by atoms with Crippen molar-refractivity contribution in [2.75, 3.05) is 13.2 Å². The molecule has 2 heterocycles. The highest BCUT2D eigenvalue weighted by atomic mass is 32.2. The first-order valence-electron chi connectivity index (χ1n) is 10.1. The van der Waals surface area contributed by atoms with Gasteiger partial charge in [-0.25, -0.2) is 0 Å². The van der Waals surface area contributed by atoms with Crippen LogP contribution < -0.4 is 9.47 Å². The van der Waals surface area contributed by atoms with Crippen molar-refractivity contribution in [2.45, 2.75) is 20.0 Å². The van der Waals surface area contributed by atoms with E-state index in [4.69, 9.17) is 14.9 Å². The lowest BCUT2D eigenvalue weighted by molar-refractivity contribution is -0.114. The fraction of sp³-hybridized carbons (Fsp3) is 0.217. The van der Waals surface area contributed by atoms with Gasteiger partial charge in [-0.15, -0.1) is 0 Å². The molecule has 0 aliphatic carbocycles. The van der Waals surface area contributed by atoms with Gasteiger partial charge in [0.25, 0.3) is 5.91 Å². The van der Waals surface area contributed by atoms with Crippen LogP contribution in [0.4, 0.5) is 13.2 Å². The van der Waals surface area contributed by atoms with Gasteiger partial charge in [0, 0.05) is 0 Å². The molecule has 1 amide bonds. The van der Waals surface area contributed by atoms with E-state index in [2.05, 4.69) is 10.1 Å². The second kappa shape index (κ2) is 9.34. The van der Waals surface area contributed by atoms with Gasteiger partial charge in [0.1, 0.15) is 24.7 Å². The first-order chi connectivity index (χ1) is 16.1.